The summed E-state index contributed by atoms with van der Waals surface area (Å²) in [5, 5.41) is 7.00. The first-order valence-corrected chi connectivity index (χ1v) is 7.45. The predicted octanol–water partition coefficient (Wildman–Crippen LogP) is 2.71. The largest absolute Gasteiger partial charge is 0.484 e. The van der Waals surface area contributed by atoms with Crippen molar-refractivity contribution in [2.75, 3.05) is 6.61 Å². The molecule has 3 rings (SSSR count). The Bertz CT molecular complexity index is 818. The number of ether oxygens (including phenoxy) is 1. The van der Waals surface area contributed by atoms with E-state index >= 15 is 0 Å². The molecule has 122 valence electrons. The van der Waals surface area contributed by atoms with Gasteiger partial charge in [0.25, 0.3) is 5.91 Å². The quantitative estimate of drug-likeness (QED) is 0.758. The molecule has 0 spiro atoms. The molecular weight excluding hydrogens is 309 g/mol. The van der Waals surface area contributed by atoms with Crippen LogP contribution in [0.1, 0.15) is 5.56 Å². The molecular formula is C18H16FN3O2. The molecule has 1 N–H and O–H groups in total. The van der Waals surface area contributed by atoms with Crippen molar-refractivity contribution in [1.82, 2.24) is 15.1 Å². The minimum Gasteiger partial charge on any atom is -0.484 e. The minimum absolute atomic E-state index is 0.170. The van der Waals surface area contributed by atoms with E-state index in [0.29, 0.717) is 12.3 Å². The topological polar surface area (TPSA) is 56.1 Å². The molecule has 0 aliphatic heterocycles. The highest BCUT2D eigenvalue weighted by atomic mass is 19.1. The van der Waals surface area contributed by atoms with Crippen LogP contribution >= 0.6 is 0 Å². The van der Waals surface area contributed by atoms with E-state index in [1.165, 1.54) is 18.2 Å². The number of amides is 1. The van der Waals surface area contributed by atoms with Crippen LogP contribution in [-0.4, -0.2) is 22.3 Å². The summed E-state index contributed by atoms with van der Waals surface area (Å²) in [4.78, 5) is 11.8. The van der Waals surface area contributed by atoms with E-state index < -0.39 is 5.82 Å². The Hall–Kier alpha value is -3.15. The highest BCUT2D eigenvalue weighted by Crippen LogP contribution is 2.11. The zero-order chi connectivity index (χ0) is 16.8. The Morgan fingerprint density at radius 3 is 2.79 bits per heavy atom. The van der Waals surface area contributed by atoms with E-state index in [0.717, 1.165) is 11.3 Å². The van der Waals surface area contributed by atoms with Gasteiger partial charge in [-0.15, -0.1) is 0 Å². The monoisotopic (exact) mass is 325 g/mol. The first-order valence-electron chi connectivity index (χ1n) is 7.45. The van der Waals surface area contributed by atoms with Crippen molar-refractivity contribution < 1.29 is 13.9 Å². The molecule has 2 aromatic carbocycles. The van der Waals surface area contributed by atoms with E-state index in [4.69, 9.17) is 4.74 Å². The number of nitrogens with one attached hydrogen (secondary N) is 1. The van der Waals surface area contributed by atoms with Crippen molar-refractivity contribution in [2.45, 2.75) is 6.54 Å². The summed E-state index contributed by atoms with van der Waals surface area (Å²) in [5.41, 5.74) is 1.82. The first-order chi connectivity index (χ1) is 11.7. The average molecular weight is 325 g/mol. The van der Waals surface area contributed by atoms with Gasteiger partial charge in [0.15, 0.2) is 6.61 Å². The van der Waals surface area contributed by atoms with E-state index in [1.54, 1.807) is 16.9 Å². The molecule has 1 amide bonds. The fraction of sp³-hybridized carbons (Fsp3) is 0.111. The Labute approximate surface area is 138 Å². The van der Waals surface area contributed by atoms with Gasteiger partial charge in [0.1, 0.15) is 11.6 Å². The van der Waals surface area contributed by atoms with E-state index in [1.807, 2.05) is 36.5 Å². The zero-order valence-electron chi connectivity index (χ0n) is 12.9. The van der Waals surface area contributed by atoms with Gasteiger partial charge in [0.2, 0.25) is 0 Å². The Balaban J connectivity index is 1.49. The number of carbonyl (C=O) groups excluding carboxylic acids is 1. The fourth-order valence-corrected chi connectivity index (χ4v) is 2.13. The Morgan fingerprint density at radius 2 is 2.00 bits per heavy atom. The molecule has 0 aliphatic carbocycles. The van der Waals surface area contributed by atoms with Crippen LogP contribution in [0, 0.1) is 5.82 Å². The Kier molecular flexibility index (Phi) is 4.86. The second kappa shape index (κ2) is 7.41. The molecule has 6 heteroatoms. The van der Waals surface area contributed by atoms with Crippen LogP contribution in [0.25, 0.3) is 5.69 Å². The lowest BCUT2D eigenvalue weighted by atomic mass is 10.3. The van der Waals surface area contributed by atoms with Crippen molar-refractivity contribution in [1.29, 1.82) is 0 Å². The van der Waals surface area contributed by atoms with Crippen LogP contribution in [0.4, 0.5) is 4.39 Å². The molecule has 24 heavy (non-hydrogen) atoms. The van der Waals surface area contributed by atoms with Gasteiger partial charge in [0.05, 0.1) is 11.9 Å². The number of para-hydroxylation sites is 1. The summed E-state index contributed by atoms with van der Waals surface area (Å²) in [5.74, 6) is -0.366. The third-order valence-corrected chi connectivity index (χ3v) is 3.31. The molecule has 1 aromatic heterocycles. The maximum absolute atomic E-state index is 13.0. The number of halogens is 1. The molecule has 5 nitrogen and oxygen atoms in total. The van der Waals surface area contributed by atoms with Crippen LogP contribution < -0.4 is 10.1 Å². The van der Waals surface area contributed by atoms with Gasteiger partial charge in [-0.3, -0.25) is 4.79 Å². The molecule has 0 radical (unpaired) electrons. The molecule has 0 aliphatic rings. The van der Waals surface area contributed by atoms with E-state index in [-0.39, 0.29) is 12.5 Å². The van der Waals surface area contributed by atoms with Crippen molar-refractivity contribution >= 4 is 5.91 Å². The molecule has 0 bridgehead atoms. The van der Waals surface area contributed by atoms with Crippen LogP contribution in [-0.2, 0) is 11.3 Å². The summed E-state index contributed by atoms with van der Waals surface area (Å²) < 4.78 is 20.0. The predicted molar refractivity (Wildman–Crippen MR) is 87.3 cm³/mol. The lowest BCUT2D eigenvalue weighted by Crippen LogP contribution is -2.28. The van der Waals surface area contributed by atoms with Gasteiger partial charge in [0, 0.05) is 24.4 Å². The second-order valence-corrected chi connectivity index (χ2v) is 5.15. The maximum atomic E-state index is 13.0. The molecule has 0 saturated heterocycles. The van der Waals surface area contributed by atoms with Crippen molar-refractivity contribution in [3.05, 3.63) is 78.4 Å². The standard InChI is InChI=1S/C18H16FN3O2/c19-15-5-4-8-17(9-15)24-13-18(23)20-10-14-11-21-22(12-14)16-6-2-1-3-7-16/h1-9,11-12H,10,13H2,(H,20,23). The number of rotatable bonds is 6. The third-order valence-electron chi connectivity index (χ3n) is 3.31. The molecule has 0 unspecified atom stereocenters. The highest BCUT2D eigenvalue weighted by Gasteiger charge is 2.05. The van der Waals surface area contributed by atoms with Gasteiger partial charge >= 0.3 is 0 Å². The molecule has 0 fully saturated rings. The fourth-order valence-electron chi connectivity index (χ4n) is 2.13. The second-order valence-electron chi connectivity index (χ2n) is 5.15. The molecule has 0 saturated carbocycles. The summed E-state index contributed by atoms with van der Waals surface area (Å²) in [6.07, 6.45) is 3.55. The number of hydrogen-bond acceptors (Lipinski definition) is 3. The van der Waals surface area contributed by atoms with Gasteiger partial charge in [-0.25, -0.2) is 9.07 Å². The number of nitrogens with zero attached hydrogens (tertiary/aromatic N) is 2. The number of hydrogen-bond donors (Lipinski definition) is 1. The SMILES string of the molecule is O=C(COc1cccc(F)c1)NCc1cnn(-c2ccccc2)c1. The van der Waals surface area contributed by atoms with E-state index in [2.05, 4.69) is 10.4 Å². The normalized spacial score (nSPS) is 10.4. The van der Waals surface area contributed by atoms with Crippen molar-refractivity contribution in [2.24, 2.45) is 0 Å². The average Bonchev–Trinajstić information content (AvgIpc) is 3.08. The smallest absolute Gasteiger partial charge is 0.258 e. The van der Waals surface area contributed by atoms with Gasteiger partial charge in [-0.1, -0.05) is 24.3 Å². The van der Waals surface area contributed by atoms with Crippen LogP contribution in [0.2, 0.25) is 0 Å². The van der Waals surface area contributed by atoms with Gasteiger partial charge in [-0.05, 0) is 24.3 Å². The first kappa shape index (κ1) is 15.7. The Morgan fingerprint density at radius 1 is 1.17 bits per heavy atom. The lowest BCUT2D eigenvalue weighted by Gasteiger charge is -2.06. The summed E-state index contributed by atoms with van der Waals surface area (Å²) in [7, 11) is 0. The third kappa shape index (κ3) is 4.19. The van der Waals surface area contributed by atoms with Crippen molar-refractivity contribution in [3.63, 3.8) is 0 Å². The van der Waals surface area contributed by atoms with Crippen LogP contribution in [0.15, 0.2) is 67.0 Å². The highest BCUT2D eigenvalue weighted by molar-refractivity contribution is 5.77. The van der Waals surface area contributed by atoms with Crippen LogP contribution in [0.5, 0.6) is 5.75 Å². The van der Waals surface area contributed by atoms with E-state index in [9.17, 15) is 9.18 Å². The van der Waals surface area contributed by atoms with Crippen LogP contribution in [0.3, 0.4) is 0 Å². The summed E-state index contributed by atoms with van der Waals surface area (Å²) in [6, 6.07) is 15.4. The molecule has 1 heterocycles. The van der Waals surface area contributed by atoms with Crippen molar-refractivity contribution in [3.8, 4) is 11.4 Å². The number of carbonyl (C=O) groups is 1. The number of aromatic nitrogens is 2. The maximum Gasteiger partial charge on any atom is 0.258 e. The minimum atomic E-state index is -0.402. The number of benzene rings is 2. The van der Waals surface area contributed by atoms with Gasteiger partial charge in [-0.2, -0.15) is 5.10 Å². The molecule has 0 atom stereocenters. The lowest BCUT2D eigenvalue weighted by molar-refractivity contribution is -0.123. The zero-order valence-corrected chi connectivity index (χ0v) is 12.9. The summed E-state index contributed by atoms with van der Waals surface area (Å²) >= 11 is 0. The summed E-state index contributed by atoms with van der Waals surface area (Å²) in [6.45, 7) is 0.175. The van der Waals surface area contributed by atoms with Gasteiger partial charge < -0.3 is 10.1 Å². The molecule has 3 aromatic rings.